The Hall–Kier alpha value is -1.06. The van der Waals surface area contributed by atoms with Crippen LogP contribution in [0.5, 0.6) is 0 Å². The molecule has 18 heavy (non-hydrogen) atoms. The fourth-order valence-electron chi connectivity index (χ4n) is 2.22. The molecule has 0 aromatic rings. The van der Waals surface area contributed by atoms with Gasteiger partial charge >= 0.3 is 0 Å². The molecule has 1 rings (SSSR count). The van der Waals surface area contributed by atoms with E-state index >= 15 is 0 Å². The van der Waals surface area contributed by atoms with Crippen LogP contribution < -0.4 is 10.6 Å². The van der Waals surface area contributed by atoms with Gasteiger partial charge < -0.3 is 10.6 Å². The van der Waals surface area contributed by atoms with Crippen LogP contribution in [0, 0.1) is 11.8 Å². The quantitative estimate of drug-likeness (QED) is 0.760. The van der Waals surface area contributed by atoms with Crippen molar-refractivity contribution in [3.05, 3.63) is 0 Å². The van der Waals surface area contributed by atoms with Crippen LogP contribution >= 0.6 is 0 Å². The molecule has 1 atom stereocenters. The van der Waals surface area contributed by atoms with E-state index in [9.17, 15) is 9.59 Å². The van der Waals surface area contributed by atoms with Crippen LogP contribution in [0.2, 0.25) is 0 Å². The Bertz CT molecular complexity index is 284. The zero-order valence-corrected chi connectivity index (χ0v) is 11.8. The summed E-state index contributed by atoms with van der Waals surface area (Å²) in [5.41, 5.74) is 0. The first-order chi connectivity index (χ1) is 8.50. The molecule has 0 aromatic heterocycles. The van der Waals surface area contributed by atoms with Crippen molar-refractivity contribution >= 4 is 11.8 Å². The lowest BCUT2D eigenvalue weighted by Gasteiger charge is -2.17. The maximum atomic E-state index is 11.9. The molecule has 1 fully saturated rings. The van der Waals surface area contributed by atoms with Crippen molar-refractivity contribution in [3.8, 4) is 0 Å². The number of nitrogens with one attached hydrogen (secondary N) is 2. The molecule has 1 aliphatic rings. The van der Waals surface area contributed by atoms with Crippen molar-refractivity contribution in [2.75, 3.05) is 6.54 Å². The lowest BCUT2D eigenvalue weighted by atomic mass is 10.1. The molecule has 0 aliphatic heterocycles. The Labute approximate surface area is 110 Å². The topological polar surface area (TPSA) is 58.2 Å². The normalized spacial score (nSPS) is 17.8. The summed E-state index contributed by atoms with van der Waals surface area (Å²) in [6, 6.07) is -0.426. The van der Waals surface area contributed by atoms with Gasteiger partial charge in [0.1, 0.15) is 6.04 Å². The standard InChI is InChI=1S/C14H26N2O2/c1-10(2)8-9-15-13(17)11(3)16-14(18)12-6-4-5-7-12/h10-12H,4-9H2,1-3H3,(H,15,17)(H,16,18)/t11-/m0/s1. The van der Waals surface area contributed by atoms with E-state index in [1.54, 1.807) is 6.92 Å². The zero-order valence-electron chi connectivity index (χ0n) is 11.8. The van der Waals surface area contributed by atoms with E-state index in [1.165, 1.54) is 0 Å². The third-order valence-corrected chi connectivity index (χ3v) is 3.50. The van der Waals surface area contributed by atoms with Crippen LogP contribution in [0.3, 0.4) is 0 Å². The minimum atomic E-state index is -0.426. The van der Waals surface area contributed by atoms with Crippen LogP contribution in [0.15, 0.2) is 0 Å². The summed E-state index contributed by atoms with van der Waals surface area (Å²) < 4.78 is 0. The average Bonchev–Trinajstić information content (AvgIpc) is 2.81. The number of carbonyl (C=O) groups is 2. The molecule has 2 amide bonds. The van der Waals surface area contributed by atoms with Crippen LogP contribution in [-0.4, -0.2) is 24.4 Å². The molecular weight excluding hydrogens is 228 g/mol. The molecule has 0 saturated heterocycles. The SMILES string of the molecule is CC(C)CCNC(=O)[C@H](C)NC(=O)C1CCCC1. The van der Waals surface area contributed by atoms with Gasteiger partial charge in [0, 0.05) is 12.5 Å². The lowest BCUT2D eigenvalue weighted by Crippen LogP contribution is -2.46. The second-order valence-electron chi connectivity index (χ2n) is 5.69. The smallest absolute Gasteiger partial charge is 0.242 e. The predicted molar refractivity (Wildman–Crippen MR) is 72.0 cm³/mol. The lowest BCUT2D eigenvalue weighted by molar-refractivity contribution is -0.130. The summed E-state index contributed by atoms with van der Waals surface area (Å²) in [5.74, 6) is 0.658. The summed E-state index contributed by atoms with van der Waals surface area (Å²) in [4.78, 5) is 23.6. The van der Waals surface area contributed by atoms with Gasteiger partial charge in [-0.3, -0.25) is 9.59 Å². The first kappa shape index (κ1) is 15.0. The van der Waals surface area contributed by atoms with Crippen molar-refractivity contribution < 1.29 is 9.59 Å². The molecule has 4 heteroatoms. The van der Waals surface area contributed by atoms with Crippen LogP contribution in [0.1, 0.15) is 52.9 Å². The van der Waals surface area contributed by atoms with Gasteiger partial charge in [0.15, 0.2) is 0 Å². The Morgan fingerprint density at radius 3 is 2.33 bits per heavy atom. The predicted octanol–water partition coefficient (Wildman–Crippen LogP) is 1.84. The summed E-state index contributed by atoms with van der Waals surface area (Å²) in [7, 11) is 0. The fraction of sp³-hybridized carbons (Fsp3) is 0.857. The average molecular weight is 254 g/mol. The number of hydrogen-bond acceptors (Lipinski definition) is 2. The molecule has 4 nitrogen and oxygen atoms in total. The van der Waals surface area contributed by atoms with Gasteiger partial charge in [-0.25, -0.2) is 0 Å². The Morgan fingerprint density at radius 2 is 1.78 bits per heavy atom. The highest BCUT2D eigenvalue weighted by Crippen LogP contribution is 2.24. The molecule has 0 heterocycles. The highest BCUT2D eigenvalue weighted by Gasteiger charge is 2.25. The van der Waals surface area contributed by atoms with Crippen LogP contribution in [-0.2, 0) is 9.59 Å². The number of amides is 2. The highest BCUT2D eigenvalue weighted by atomic mass is 16.2. The van der Waals surface area contributed by atoms with Crippen LogP contribution in [0.4, 0.5) is 0 Å². The largest absolute Gasteiger partial charge is 0.354 e. The molecule has 0 bridgehead atoms. The first-order valence-corrected chi connectivity index (χ1v) is 7.08. The van der Waals surface area contributed by atoms with Crippen molar-refractivity contribution in [1.82, 2.24) is 10.6 Å². The van der Waals surface area contributed by atoms with Gasteiger partial charge in [0.25, 0.3) is 0 Å². The highest BCUT2D eigenvalue weighted by molar-refractivity contribution is 5.88. The zero-order chi connectivity index (χ0) is 13.5. The van der Waals surface area contributed by atoms with Gasteiger partial charge in [-0.05, 0) is 32.1 Å². The number of carbonyl (C=O) groups excluding carboxylic acids is 2. The molecule has 1 aliphatic carbocycles. The third-order valence-electron chi connectivity index (χ3n) is 3.50. The van der Waals surface area contributed by atoms with Gasteiger partial charge in [0.05, 0.1) is 0 Å². The Morgan fingerprint density at radius 1 is 1.17 bits per heavy atom. The molecule has 0 unspecified atom stereocenters. The summed E-state index contributed by atoms with van der Waals surface area (Å²) in [6.45, 7) is 6.67. The van der Waals surface area contributed by atoms with Gasteiger partial charge in [0.2, 0.25) is 11.8 Å². The van der Waals surface area contributed by atoms with Crippen LogP contribution in [0.25, 0.3) is 0 Å². The fourth-order valence-corrected chi connectivity index (χ4v) is 2.22. The van der Waals surface area contributed by atoms with E-state index in [0.717, 1.165) is 32.1 Å². The summed E-state index contributed by atoms with van der Waals surface area (Å²) >= 11 is 0. The Balaban J connectivity index is 2.23. The summed E-state index contributed by atoms with van der Waals surface area (Å²) in [5, 5.41) is 5.66. The van der Waals surface area contributed by atoms with E-state index in [0.29, 0.717) is 12.5 Å². The molecule has 0 aromatic carbocycles. The summed E-state index contributed by atoms with van der Waals surface area (Å²) in [6.07, 6.45) is 5.16. The molecule has 0 radical (unpaired) electrons. The van der Waals surface area contributed by atoms with Crippen molar-refractivity contribution in [2.45, 2.75) is 58.9 Å². The number of hydrogen-bond donors (Lipinski definition) is 2. The van der Waals surface area contributed by atoms with E-state index in [2.05, 4.69) is 24.5 Å². The van der Waals surface area contributed by atoms with Gasteiger partial charge in [-0.15, -0.1) is 0 Å². The molecule has 104 valence electrons. The maximum absolute atomic E-state index is 11.9. The van der Waals surface area contributed by atoms with E-state index in [4.69, 9.17) is 0 Å². The molecule has 0 spiro atoms. The van der Waals surface area contributed by atoms with Gasteiger partial charge in [-0.1, -0.05) is 26.7 Å². The molecule has 1 saturated carbocycles. The van der Waals surface area contributed by atoms with E-state index in [-0.39, 0.29) is 17.7 Å². The number of rotatable bonds is 6. The monoisotopic (exact) mass is 254 g/mol. The van der Waals surface area contributed by atoms with Crippen molar-refractivity contribution in [2.24, 2.45) is 11.8 Å². The van der Waals surface area contributed by atoms with E-state index < -0.39 is 6.04 Å². The minimum absolute atomic E-state index is 0.0407. The van der Waals surface area contributed by atoms with E-state index in [1.807, 2.05) is 0 Å². The van der Waals surface area contributed by atoms with Crippen molar-refractivity contribution in [3.63, 3.8) is 0 Å². The second-order valence-corrected chi connectivity index (χ2v) is 5.69. The third kappa shape index (κ3) is 5.07. The van der Waals surface area contributed by atoms with Gasteiger partial charge in [-0.2, -0.15) is 0 Å². The molecular formula is C14H26N2O2. The molecule has 2 N–H and O–H groups in total. The Kier molecular flexibility index (Phi) is 6.16. The minimum Gasteiger partial charge on any atom is -0.354 e. The second kappa shape index (κ2) is 7.39. The maximum Gasteiger partial charge on any atom is 0.242 e. The van der Waals surface area contributed by atoms with Crippen molar-refractivity contribution in [1.29, 1.82) is 0 Å². The first-order valence-electron chi connectivity index (χ1n) is 7.08.